The van der Waals surface area contributed by atoms with Crippen molar-refractivity contribution in [3.8, 4) is 17.0 Å². The molecule has 0 atom stereocenters. The zero-order valence-corrected chi connectivity index (χ0v) is 15.6. The summed E-state index contributed by atoms with van der Waals surface area (Å²) in [5.74, 6) is 1.05. The first-order valence-corrected chi connectivity index (χ1v) is 8.83. The average Bonchev–Trinajstić information content (AvgIpc) is 3.01. The van der Waals surface area contributed by atoms with Crippen molar-refractivity contribution in [1.29, 1.82) is 0 Å². The lowest BCUT2D eigenvalue weighted by Gasteiger charge is -2.24. The van der Waals surface area contributed by atoms with Crippen LogP contribution in [0.1, 0.15) is 45.7 Å². The predicted molar refractivity (Wildman–Crippen MR) is 100 cm³/mol. The standard InChI is InChI=1S/C18H24N4OS/c1-17(2,3)11-6-10(7-12-14(11)23-9-18(12,4)5)13-8-24-16(21-13)22-15(19)20/h6-8H,9H2,1-5H3,(H4,19,20,21,22). The van der Waals surface area contributed by atoms with Gasteiger partial charge in [0.15, 0.2) is 5.96 Å². The molecule has 1 aromatic carbocycles. The molecule has 0 saturated heterocycles. The summed E-state index contributed by atoms with van der Waals surface area (Å²) in [6.45, 7) is 11.7. The van der Waals surface area contributed by atoms with Gasteiger partial charge in [0.2, 0.25) is 5.13 Å². The lowest BCUT2D eigenvalue weighted by molar-refractivity contribution is 0.286. The Bertz CT molecular complexity index is 811. The maximum absolute atomic E-state index is 6.05. The van der Waals surface area contributed by atoms with Crippen LogP contribution in [0, 0.1) is 0 Å². The van der Waals surface area contributed by atoms with Crippen LogP contribution in [-0.2, 0) is 10.8 Å². The molecule has 0 saturated carbocycles. The second-order valence-electron chi connectivity index (χ2n) is 7.88. The molecule has 2 aromatic rings. The average molecular weight is 344 g/mol. The second-order valence-corrected chi connectivity index (χ2v) is 8.71. The number of hydrogen-bond donors (Lipinski definition) is 2. The molecule has 1 aliphatic heterocycles. The minimum atomic E-state index is -0.0147. The second kappa shape index (κ2) is 5.48. The van der Waals surface area contributed by atoms with E-state index >= 15 is 0 Å². The number of rotatable bonds is 2. The van der Waals surface area contributed by atoms with Crippen molar-refractivity contribution in [2.24, 2.45) is 16.5 Å². The van der Waals surface area contributed by atoms with Crippen LogP contribution in [0.5, 0.6) is 5.75 Å². The quantitative estimate of drug-likeness (QED) is 0.642. The molecule has 0 unspecified atom stereocenters. The third kappa shape index (κ3) is 2.98. The number of thiazole rings is 1. The summed E-state index contributed by atoms with van der Waals surface area (Å²) < 4.78 is 6.05. The SMILES string of the molecule is CC(C)(C)c1cc(-c2csc(N=C(N)N)n2)cc2c1OCC2(C)C. The Morgan fingerprint density at radius 2 is 2.00 bits per heavy atom. The topological polar surface area (TPSA) is 86.5 Å². The van der Waals surface area contributed by atoms with Gasteiger partial charge in [-0.3, -0.25) is 0 Å². The first-order valence-electron chi connectivity index (χ1n) is 7.95. The van der Waals surface area contributed by atoms with Crippen LogP contribution in [0.15, 0.2) is 22.5 Å². The molecule has 128 valence electrons. The van der Waals surface area contributed by atoms with E-state index in [1.807, 2.05) is 5.38 Å². The normalized spacial score (nSPS) is 15.7. The first-order chi connectivity index (χ1) is 11.1. The van der Waals surface area contributed by atoms with E-state index in [2.05, 4.69) is 56.7 Å². The van der Waals surface area contributed by atoms with Gasteiger partial charge in [0.1, 0.15) is 5.75 Å². The summed E-state index contributed by atoms with van der Waals surface area (Å²) in [7, 11) is 0. The van der Waals surface area contributed by atoms with E-state index in [1.54, 1.807) is 0 Å². The molecule has 0 amide bonds. The largest absolute Gasteiger partial charge is 0.492 e. The zero-order valence-electron chi connectivity index (χ0n) is 14.8. The van der Waals surface area contributed by atoms with E-state index in [4.69, 9.17) is 16.2 Å². The highest BCUT2D eigenvalue weighted by Crippen LogP contribution is 2.47. The van der Waals surface area contributed by atoms with Crippen LogP contribution < -0.4 is 16.2 Å². The molecule has 1 aromatic heterocycles. The molecule has 0 fully saturated rings. The Morgan fingerprint density at radius 3 is 2.62 bits per heavy atom. The van der Waals surface area contributed by atoms with E-state index in [9.17, 15) is 0 Å². The van der Waals surface area contributed by atoms with Crippen molar-refractivity contribution in [3.63, 3.8) is 0 Å². The van der Waals surface area contributed by atoms with E-state index < -0.39 is 0 Å². The Hall–Kier alpha value is -2.08. The molecule has 0 spiro atoms. The number of aromatic nitrogens is 1. The monoisotopic (exact) mass is 344 g/mol. The van der Waals surface area contributed by atoms with Crippen molar-refractivity contribution < 1.29 is 4.74 Å². The van der Waals surface area contributed by atoms with Gasteiger partial charge in [-0.2, -0.15) is 4.99 Å². The number of benzene rings is 1. The number of aliphatic imine (C=N–C) groups is 1. The summed E-state index contributed by atoms with van der Waals surface area (Å²) in [6.07, 6.45) is 0. The molecule has 3 rings (SSSR count). The van der Waals surface area contributed by atoms with E-state index in [0.29, 0.717) is 11.7 Å². The van der Waals surface area contributed by atoms with Gasteiger partial charge < -0.3 is 16.2 Å². The summed E-state index contributed by atoms with van der Waals surface area (Å²) in [4.78, 5) is 8.58. The highest BCUT2D eigenvalue weighted by molar-refractivity contribution is 7.13. The summed E-state index contributed by atoms with van der Waals surface area (Å²) in [5.41, 5.74) is 15.3. The van der Waals surface area contributed by atoms with Gasteiger partial charge in [-0.05, 0) is 17.5 Å². The van der Waals surface area contributed by atoms with Gasteiger partial charge in [-0.1, -0.05) is 34.6 Å². The van der Waals surface area contributed by atoms with Crippen molar-refractivity contribution >= 4 is 22.4 Å². The van der Waals surface area contributed by atoms with Gasteiger partial charge in [-0.15, -0.1) is 11.3 Å². The Kier molecular flexibility index (Phi) is 3.83. The van der Waals surface area contributed by atoms with Crippen LogP contribution in [0.4, 0.5) is 5.13 Å². The number of nitrogens with two attached hydrogens (primary N) is 2. The fraction of sp³-hybridized carbons (Fsp3) is 0.444. The maximum Gasteiger partial charge on any atom is 0.212 e. The smallest absolute Gasteiger partial charge is 0.212 e. The van der Waals surface area contributed by atoms with E-state index in [1.165, 1.54) is 22.5 Å². The van der Waals surface area contributed by atoms with E-state index in [-0.39, 0.29) is 16.8 Å². The minimum absolute atomic E-state index is 0.00989. The highest BCUT2D eigenvalue weighted by Gasteiger charge is 2.36. The third-order valence-corrected chi connectivity index (χ3v) is 4.95. The summed E-state index contributed by atoms with van der Waals surface area (Å²) >= 11 is 1.43. The van der Waals surface area contributed by atoms with Crippen LogP contribution >= 0.6 is 11.3 Å². The zero-order chi connectivity index (χ0) is 17.7. The molecule has 0 radical (unpaired) electrons. The van der Waals surface area contributed by atoms with Gasteiger partial charge in [0.05, 0.1) is 12.3 Å². The van der Waals surface area contributed by atoms with Gasteiger partial charge in [-0.25, -0.2) is 4.98 Å². The van der Waals surface area contributed by atoms with Crippen molar-refractivity contribution in [1.82, 2.24) is 4.98 Å². The minimum Gasteiger partial charge on any atom is -0.492 e. The Balaban J connectivity index is 2.16. The highest BCUT2D eigenvalue weighted by atomic mass is 32.1. The third-order valence-electron chi connectivity index (χ3n) is 4.22. The summed E-state index contributed by atoms with van der Waals surface area (Å²) in [6, 6.07) is 4.36. The lowest BCUT2D eigenvalue weighted by Crippen LogP contribution is -2.21. The number of nitrogens with zero attached hydrogens (tertiary/aromatic N) is 2. The molecule has 0 aliphatic carbocycles. The molecule has 1 aliphatic rings. The van der Waals surface area contributed by atoms with Crippen molar-refractivity contribution in [2.75, 3.05) is 6.61 Å². The molecular weight excluding hydrogens is 320 g/mol. The first kappa shape index (κ1) is 16.8. The van der Waals surface area contributed by atoms with Crippen molar-refractivity contribution in [2.45, 2.75) is 45.4 Å². The Labute approximate surface area is 146 Å². The van der Waals surface area contributed by atoms with Crippen LogP contribution in [-0.4, -0.2) is 17.6 Å². The van der Waals surface area contributed by atoms with Crippen molar-refractivity contribution in [3.05, 3.63) is 28.6 Å². The number of fused-ring (bicyclic) bond motifs is 1. The molecule has 0 bridgehead atoms. The molecule has 5 nitrogen and oxygen atoms in total. The Morgan fingerprint density at radius 1 is 1.29 bits per heavy atom. The molecule has 2 heterocycles. The number of hydrogen-bond acceptors (Lipinski definition) is 4. The number of guanidine groups is 1. The molecular formula is C18H24N4OS. The van der Waals surface area contributed by atoms with Crippen LogP contribution in [0.3, 0.4) is 0 Å². The fourth-order valence-electron chi connectivity index (χ4n) is 2.88. The fourth-order valence-corrected chi connectivity index (χ4v) is 3.60. The van der Waals surface area contributed by atoms with Gasteiger partial charge in [0.25, 0.3) is 0 Å². The van der Waals surface area contributed by atoms with Crippen LogP contribution in [0.25, 0.3) is 11.3 Å². The summed E-state index contributed by atoms with van der Waals surface area (Å²) in [5, 5.41) is 2.55. The lowest BCUT2D eigenvalue weighted by atomic mass is 9.79. The molecule has 4 N–H and O–H groups in total. The predicted octanol–water partition coefficient (Wildman–Crippen LogP) is 3.68. The number of ether oxygens (including phenoxy) is 1. The molecule has 6 heteroatoms. The van der Waals surface area contributed by atoms with Gasteiger partial charge >= 0.3 is 0 Å². The van der Waals surface area contributed by atoms with E-state index in [0.717, 1.165) is 17.0 Å². The van der Waals surface area contributed by atoms with Crippen LogP contribution in [0.2, 0.25) is 0 Å². The maximum atomic E-state index is 6.05. The van der Waals surface area contributed by atoms with Gasteiger partial charge in [0, 0.05) is 27.5 Å². The molecule has 24 heavy (non-hydrogen) atoms.